The van der Waals surface area contributed by atoms with Crippen molar-refractivity contribution in [3.8, 4) is 0 Å². The minimum Gasteiger partial charge on any atom is -0.288 e. The van der Waals surface area contributed by atoms with Crippen LogP contribution in [0.15, 0.2) is 45.6 Å². The zero-order valence-electron chi connectivity index (χ0n) is 8.44. The predicted molar refractivity (Wildman–Crippen MR) is 71.5 cm³/mol. The molecule has 5 heteroatoms. The molecule has 0 unspecified atom stereocenters. The molecule has 1 heterocycles. The molecule has 0 radical (unpaired) electrons. The Labute approximate surface area is 111 Å². The summed E-state index contributed by atoms with van der Waals surface area (Å²) < 4.78 is 12.4. The van der Waals surface area contributed by atoms with E-state index in [1.165, 1.54) is 11.3 Å². The molecular weight excluding hydrogens is 279 g/mol. The fourth-order valence-electron chi connectivity index (χ4n) is 1.48. The van der Waals surface area contributed by atoms with E-state index in [1.54, 1.807) is 6.07 Å². The van der Waals surface area contributed by atoms with E-state index < -0.39 is 0 Å². The summed E-state index contributed by atoms with van der Waals surface area (Å²) in [5.74, 6) is 0. The molecule has 0 aliphatic heterocycles. The molecule has 0 amide bonds. The molecule has 3 aromatic rings. The van der Waals surface area contributed by atoms with Gasteiger partial charge < -0.3 is 0 Å². The van der Waals surface area contributed by atoms with E-state index in [1.807, 2.05) is 30.3 Å². The van der Waals surface area contributed by atoms with Gasteiger partial charge in [-0.3, -0.25) is 9.15 Å². The maximum atomic E-state index is 6.08. The average Bonchev–Trinajstić information content (AvgIpc) is 2.53. The zero-order valence-corrected chi connectivity index (χ0v) is 10.8. The van der Waals surface area contributed by atoms with Gasteiger partial charge in [-0.25, -0.2) is 0 Å². The summed E-state index contributed by atoms with van der Waals surface area (Å²) in [6.45, 7) is 0. The van der Waals surface area contributed by atoms with Gasteiger partial charge in [0, 0.05) is 0 Å². The zero-order chi connectivity index (χ0) is 11.8. The largest absolute Gasteiger partial charge is 0.288 e. The molecule has 0 spiro atoms. The van der Waals surface area contributed by atoms with E-state index in [4.69, 9.17) is 32.4 Å². The first-order valence-corrected chi connectivity index (χ1v) is 6.42. The van der Waals surface area contributed by atoms with E-state index in [0.29, 0.717) is 21.2 Å². The second-order valence-electron chi connectivity index (χ2n) is 3.40. The molecule has 0 aliphatic rings. The van der Waals surface area contributed by atoms with Gasteiger partial charge in [0.25, 0.3) is 0 Å². The van der Waals surface area contributed by atoms with Gasteiger partial charge in [0.05, 0.1) is 14.4 Å². The summed E-state index contributed by atoms with van der Waals surface area (Å²) in [5, 5.41) is 0.810. The maximum Gasteiger partial charge on any atom is 0.215 e. The molecule has 0 bridgehead atoms. The molecule has 0 atom stereocenters. The van der Waals surface area contributed by atoms with Gasteiger partial charge >= 0.3 is 0 Å². The van der Waals surface area contributed by atoms with E-state index >= 15 is 0 Å². The monoisotopic (exact) mass is 284 g/mol. The van der Waals surface area contributed by atoms with Crippen molar-refractivity contribution < 1.29 is 9.15 Å². The summed E-state index contributed by atoms with van der Waals surface area (Å²) in [6.07, 6.45) is 0. The number of benzene rings is 2. The summed E-state index contributed by atoms with van der Waals surface area (Å²) in [4.78, 5) is 0. The molecule has 0 aliphatic carbocycles. The van der Waals surface area contributed by atoms with Crippen molar-refractivity contribution in [2.24, 2.45) is 0 Å². The van der Waals surface area contributed by atoms with Gasteiger partial charge in [-0.2, -0.15) is 0 Å². The van der Waals surface area contributed by atoms with E-state index in [0.717, 1.165) is 9.40 Å². The molecule has 17 heavy (non-hydrogen) atoms. The van der Waals surface area contributed by atoms with Gasteiger partial charge in [-0.05, 0) is 24.3 Å². The Morgan fingerprint density at radius 1 is 0.882 bits per heavy atom. The highest BCUT2D eigenvalue weighted by atomic mass is 35.5. The second-order valence-corrected chi connectivity index (χ2v) is 5.27. The van der Waals surface area contributed by atoms with E-state index in [2.05, 4.69) is 0 Å². The van der Waals surface area contributed by atoms with Crippen molar-refractivity contribution in [1.29, 1.82) is 0 Å². The first-order valence-electron chi connectivity index (χ1n) is 4.85. The van der Waals surface area contributed by atoms with Crippen LogP contribution < -0.4 is 0 Å². The van der Waals surface area contributed by atoms with Crippen LogP contribution in [0, 0.1) is 0 Å². The van der Waals surface area contributed by atoms with Crippen molar-refractivity contribution in [3.63, 3.8) is 0 Å². The summed E-state index contributed by atoms with van der Waals surface area (Å²) in [5.41, 5.74) is 1.13. The Hall–Kier alpha value is -1.16. The molecule has 0 N–H and O–H groups in total. The topological polar surface area (TPSA) is 26.3 Å². The predicted octanol–water partition coefficient (Wildman–Crippen LogP) is 5.67. The fourth-order valence-corrected chi connectivity index (χ4v) is 2.83. The average molecular weight is 285 g/mol. The molecule has 0 saturated heterocycles. The first kappa shape index (κ1) is 11.0. The van der Waals surface area contributed by atoms with Crippen molar-refractivity contribution in [2.75, 3.05) is 0 Å². The summed E-state index contributed by atoms with van der Waals surface area (Å²) >= 11 is 13.5. The number of fused-ring (bicyclic) bond motifs is 2. The minimum atomic E-state index is 0.365. The highest BCUT2D eigenvalue weighted by Gasteiger charge is 2.07. The number of hydrogen-bond acceptors (Lipinski definition) is 3. The third kappa shape index (κ3) is 1.90. The number of rotatable bonds is 0. The van der Waals surface area contributed by atoms with Crippen molar-refractivity contribution in [1.82, 2.24) is 0 Å². The summed E-state index contributed by atoms with van der Waals surface area (Å²) in [6, 6.07) is 11.2. The lowest BCUT2D eigenvalue weighted by Gasteiger charge is -1.94. The first-order chi connectivity index (χ1) is 8.25. The molecular formula is C12H6Cl2O2S. The van der Waals surface area contributed by atoms with Crippen LogP contribution in [-0.4, -0.2) is 0 Å². The Morgan fingerprint density at radius 2 is 1.71 bits per heavy atom. The molecule has 2 nitrogen and oxygen atoms in total. The van der Waals surface area contributed by atoms with Crippen molar-refractivity contribution in [2.45, 2.75) is 0 Å². The SMILES string of the molecule is Clc1ccc2sc3ccccc3ooc2c1Cl. The lowest BCUT2D eigenvalue weighted by molar-refractivity contribution is 0.0916. The maximum absolute atomic E-state index is 6.08. The van der Waals surface area contributed by atoms with Crippen LogP contribution in [-0.2, 0) is 0 Å². The lowest BCUT2D eigenvalue weighted by atomic mass is 10.3. The quantitative estimate of drug-likeness (QED) is 0.497. The summed E-state index contributed by atoms with van der Waals surface area (Å²) in [7, 11) is 0. The second kappa shape index (κ2) is 4.26. The Morgan fingerprint density at radius 3 is 2.59 bits per heavy atom. The van der Waals surface area contributed by atoms with Crippen LogP contribution in [0.25, 0.3) is 20.6 Å². The van der Waals surface area contributed by atoms with Crippen LogP contribution in [0.3, 0.4) is 0 Å². The molecule has 0 saturated carbocycles. The highest BCUT2D eigenvalue weighted by Crippen LogP contribution is 2.34. The van der Waals surface area contributed by atoms with Crippen molar-refractivity contribution >= 4 is 55.1 Å². The third-order valence-electron chi connectivity index (χ3n) is 2.30. The standard InChI is InChI=1S/C12H6Cl2O2S/c13-7-5-6-10-12(11(7)14)16-15-8-3-1-2-4-9(8)17-10/h1-6H. The van der Waals surface area contributed by atoms with Gasteiger partial charge in [0.2, 0.25) is 5.58 Å². The number of hydrogen-bond donors (Lipinski definition) is 0. The molecule has 2 aromatic carbocycles. The van der Waals surface area contributed by atoms with Gasteiger partial charge in [0.1, 0.15) is 5.02 Å². The van der Waals surface area contributed by atoms with Crippen LogP contribution in [0.1, 0.15) is 0 Å². The van der Waals surface area contributed by atoms with Crippen LogP contribution in [0.4, 0.5) is 0 Å². The molecule has 1 aromatic heterocycles. The van der Waals surface area contributed by atoms with Gasteiger partial charge in [-0.1, -0.05) is 35.3 Å². The molecule has 0 fully saturated rings. The van der Waals surface area contributed by atoms with Gasteiger partial charge in [-0.15, -0.1) is 11.3 Å². The molecule has 3 rings (SSSR count). The Kier molecular flexibility index (Phi) is 2.74. The third-order valence-corrected chi connectivity index (χ3v) is 4.18. The van der Waals surface area contributed by atoms with Crippen LogP contribution in [0.5, 0.6) is 0 Å². The van der Waals surface area contributed by atoms with Crippen LogP contribution >= 0.6 is 34.5 Å². The Balaban J connectivity index is 2.53. The highest BCUT2D eigenvalue weighted by molar-refractivity contribution is 7.24. The minimum absolute atomic E-state index is 0.365. The fraction of sp³-hybridized carbons (Fsp3) is 0. The van der Waals surface area contributed by atoms with E-state index in [9.17, 15) is 0 Å². The number of halogens is 2. The smallest absolute Gasteiger partial charge is 0.215 e. The normalized spacial score (nSPS) is 10.9. The van der Waals surface area contributed by atoms with Crippen molar-refractivity contribution in [3.05, 3.63) is 46.4 Å². The van der Waals surface area contributed by atoms with E-state index in [-0.39, 0.29) is 0 Å². The lowest BCUT2D eigenvalue weighted by Crippen LogP contribution is -1.69. The number of para-hydroxylation sites is 1. The van der Waals surface area contributed by atoms with Gasteiger partial charge in [0.15, 0.2) is 5.58 Å². The Bertz CT molecular complexity index is 737. The molecule has 86 valence electrons. The van der Waals surface area contributed by atoms with Crippen LogP contribution in [0.2, 0.25) is 10.0 Å².